The van der Waals surface area contributed by atoms with E-state index in [9.17, 15) is 4.79 Å². The predicted molar refractivity (Wildman–Crippen MR) is 86.1 cm³/mol. The maximum absolute atomic E-state index is 12.2. The van der Waals surface area contributed by atoms with Gasteiger partial charge in [0.25, 0.3) is 0 Å². The Morgan fingerprint density at radius 3 is 2.67 bits per heavy atom. The first-order chi connectivity index (χ1) is 9.95. The van der Waals surface area contributed by atoms with Crippen molar-refractivity contribution in [3.8, 4) is 11.4 Å². The predicted octanol–water partition coefficient (Wildman–Crippen LogP) is 4.30. The number of alkyl halides is 1. The zero-order valence-corrected chi connectivity index (χ0v) is 13.6. The molecule has 0 spiro atoms. The molecule has 0 saturated carbocycles. The van der Waals surface area contributed by atoms with Crippen LogP contribution in [0.2, 0.25) is 0 Å². The Hall–Kier alpha value is -1.74. The number of aryl methyl sites for hydroxylation is 1. The molecule has 0 saturated heterocycles. The standard InChI is InChI=1S/C17H20ClNO2/c1-5-21-15-8-6-7-14(10-15)19-11(2)9-16(13(19)4)17(20)12(3)18/h6-10,12H,5H2,1-4H3. The van der Waals surface area contributed by atoms with E-state index in [1.807, 2.05) is 51.1 Å². The van der Waals surface area contributed by atoms with Crippen LogP contribution in [0, 0.1) is 13.8 Å². The average molecular weight is 306 g/mol. The summed E-state index contributed by atoms with van der Waals surface area (Å²) in [7, 11) is 0. The number of benzene rings is 1. The fourth-order valence-electron chi connectivity index (χ4n) is 2.50. The van der Waals surface area contributed by atoms with Gasteiger partial charge in [-0.1, -0.05) is 6.07 Å². The normalized spacial score (nSPS) is 12.2. The summed E-state index contributed by atoms with van der Waals surface area (Å²) in [5.74, 6) is 0.776. The van der Waals surface area contributed by atoms with Crippen molar-refractivity contribution in [1.29, 1.82) is 0 Å². The summed E-state index contributed by atoms with van der Waals surface area (Å²) >= 11 is 5.93. The molecule has 2 rings (SSSR count). The number of carbonyl (C=O) groups excluding carboxylic acids is 1. The number of halogens is 1. The van der Waals surface area contributed by atoms with Gasteiger partial charge in [-0.3, -0.25) is 4.79 Å². The smallest absolute Gasteiger partial charge is 0.182 e. The molecular formula is C17H20ClNO2. The second-order valence-electron chi connectivity index (χ2n) is 5.03. The Labute approximate surface area is 130 Å². The Balaban J connectivity index is 2.50. The van der Waals surface area contributed by atoms with Crippen LogP contribution in [0.4, 0.5) is 0 Å². The van der Waals surface area contributed by atoms with Crippen LogP contribution in [0.15, 0.2) is 30.3 Å². The Kier molecular flexibility index (Phi) is 4.73. The Bertz CT molecular complexity index is 659. The second-order valence-corrected chi connectivity index (χ2v) is 5.69. The molecule has 2 aromatic rings. The maximum atomic E-state index is 12.2. The van der Waals surface area contributed by atoms with Gasteiger partial charge in [0.1, 0.15) is 5.75 Å². The summed E-state index contributed by atoms with van der Waals surface area (Å²) in [5, 5.41) is -0.520. The van der Waals surface area contributed by atoms with Gasteiger partial charge < -0.3 is 9.30 Å². The van der Waals surface area contributed by atoms with Crippen molar-refractivity contribution in [2.24, 2.45) is 0 Å². The van der Waals surface area contributed by atoms with Crippen molar-refractivity contribution in [2.45, 2.75) is 33.1 Å². The number of aromatic nitrogens is 1. The van der Waals surface area contributed by atoms with E-state index in [0.717, 1.165) is 22.8 Å². The molecular weight excluding hydrogens is 286 g/mol. The van der Waals surface area contributed by atoms with Crippen LogP contribution in [-0.2, 0) is 0 Å². The quantitative estimate of drug-likeness (QED) is 0.609. The van der Waals surface area contributed by atoms with Crippen molar-refractivity contribution < 1.29 is 9.53 Å². The number of rotatable bonds is 5. The van der Waals surface area contributed by atoms with Crippen LogP contribution in [-0.4, -0.2) is 22.3 Å². The summed E-state index contributed by atoms with van der Waals surface area (Å²) in [6.07, 6.45) is 0. The summed E-state index contributed by atoms with van der Waals surface area (Å²) < 4.78 is 7.59. The maximum Gasteiger partial charge on any atom is 0.182 e. The van der Waals surface area contributed by atoms with Gasteiger partial charge in [-0.2, -0.15) is 0 Å². The molecule has 0 aliphatic carbocycles. The van der Waals surface area contributed by atoms with Gasteiger partial charge in [0.05, 0.1) is 12.0 Å². The minimum atomic E-state index is -0.520. The van der Waals surface area contributed by atoms with Crippen molar-refractivity contribution in [3.05, 3.63) is 47.3 Å². The molecule has 1 atom stereocenters. The zero-order chi connectivity index (χ0) is 15.6. The highest BCUT2D eigenvalue weighted by Gasteiger charge is 2.20. The van der Waals surface area contributed by atoms with Crippen LogP contribution in [0.3, 0.4) is 0 Å². The van der Waals surface area contributed by atoms with E-state index >= 15 is 0 Å². The largest absolute Gasteiger partial charge is 0.494 e. The first-order valence-corrected chi connectivity index (χ1v) is 7.49. The summed E-state index contributed by atoms with van der Waals surface area (Å²) in [6.45, 7) is 8.20. The molecule has 1 unspecified atom stereocenters. The van der Waals surface area contributed by atoms with Crippen LogP contribution >= 0.6 is 11.6 Å². The van der Waals surface area contributed by atoms with E-state index in [2.05, 4.69) is 4.57 Å². The second kappa shape index (κ2) is 6.35. The van der Waals surface area contributed by atoms with E-state index in [4.69, 9.17) is 16.3 Å². The molecule has 0 aliphatic heterocycles. The van der Waals surface area contributed by atoms with Crippen LogP contribution in [0.5, 0.6) is 5.75 Å². The molecule has 0 bridgehead atoms. The Morgan fingerprint density at radius 2 is 2.05 bits per heavy atom. The lowest BCUT2D eigenvalue weighted by Crippen LogP contribution is -2.11. The fraction of sp³-hybridized carbons (Fsp3) is 0.353. The van der Waals surface area contributed by atoms with Gasteiger partial charge in [-0.25, -0.2) is 0 Å². The molecule has 0 aliphatic rings. The molecule has 1 aromatic carbocycles. The molecule has 4 heteroatoms. The first kappa shape index (κ1) is 15.6. The number of Topliss-reactive ketones (excluding diaryl/α,β-unsaturated/α-hetero) is 1. The van der Waals surface area contributed by atoms with E-state index in [1.54, 1.807) is 6.92 Å². The molecule has 21 heavy (non-hydrogen) atoms. The number of carbonyl (C=O) groups is 1. The number of ketones is 1. The number of hydrogen-bond acceptors (Lipinski definition) is 2. The highest BCUT2D eigenvalue weighted by Crippen LogP contribution is 2.25. The van der Waals surface area contributed by atoms with Crippen molar-refractivity contribution in [1.82, 2.24) is 4.57 Å². The molecule has 0 radical (unpaired) electrons. The molecule has 3 nitrogen and oxygen atoms in total. The topological polar surface area (TPSA) is 31.2 Å². The van der Waals surface area contributed by atoms with Crippen LogP contribution in [0.1, 0.15) is 35.6 Å². The molecule has 112 valence electrons. The SMILES string of the molecule is CCOc1cccc(-n2c(C)cc(C(=O)C(C)Cl)c2C)c1. The van der Waals surface area contributed by atoms with Crippen molar-refractivity contribution in [3.63, 3.8) is 0 Å². The van der Waals surface area contributed by atoms with Crippen molar-refractivity contribution >= 4 is 17.4 Å². The minimum absolute atomic E-state index is 0.0445. The van der Waals surface area contributed by atoms with E-state index < -0.39 is 5.38 Å². The van der Waals surface area contributed by atoms with E-state index in [-0.39, 0.29) is 5.78 Å². The molecule has 0 fully saturated rings. The highest BCUT2D eigenvalue weighted by molar-refractivity contribution is 6.33. The van der Waals surface area contributed by atoms with Gasteiger partial charge in [0, 0.05) is 28.7 Å². The lowest BCUT2D eigenvalue weighted by atomic mass is 10.1. The third-order valence-electron chi connectivity index (χ3n) is 3.44. The third-order valence-corrected chi connectivity index (χ3v) is 3.64. The molecule has 0 amide bonds. The average Bonchev–Trinajstić information content (AvgIpc) is 2.73. The van der Waals surface area contributed by atoms with Crippen LogP contribution < -0.4 is 4.74 Å². The van der Waals surface area contributed by atoms with Gasteiger partial charge in [0.15, 0.2) is 5.78 Å². The molecule has 0 N–H and O–H groups in total. The van der Waals surface area contributed by atoms with Crippen LogP contribution in [0.25, 0.3) is 5.69 Å². The first-order valence-electron chi connectivity index (χ1n) is 7.06. The minimum Gasteiger partial charge on any atom is -0.494 e. The summed E-state index contributed by atoms with van der Waals surface area (Å²) in [6, 6.07) is 9.74. The third kappa shape index (κ3) is 3.13. The van der Waals surface area contributed by atoms with Gasteiger partial charge in [0.2, 0.25) is 0 Å². The van der Waals surface area contributed by atoms with Gasteiger partial charge in [-0.05, 0) is 45.9 Å². The molecule has 1 heterocycles. The number of nitrogens with zero attached hydrogens (tertiary/aromatic N) is 1. The highest BCUT2D eigenvalue weighted by atomic mass is 35.5. The van der Waals surface area contributed by atoms with E-state index in [1.165, 1.54) is 0 Å². The van der Waals surface area contributed by atoms with Crippen molar-refractivity contribution in [2.75, 3.05) is 6.61 Å². The van der Waals surface area contributed by atoms with E-state index in [0.29, 0.717) is 12.2 Å². The fourth-order valence-corrected chi connectivity index (χ4v) is 2.62. The monoisotopic (exact) mass is 305 g/mol. The lowest BCUT2D eigenvalue weighted by molar-refractivity contribution is 0.0991. The summed E-state index contributed by atoms with van der Waals surface area (Å²) in [4.78, 5) is 12.2. The van der Waals surface area contributed by atoms with Gasteiger partial charge in [-0.15, -0.1) is 11.6 Å². The number of hydrogen-bond donors (Lipinski definition) is 0. The zero-order valence-electron chi connectivity index (χ0n) is 12.8. The number of ether oxygens (including phenoxy) is 1. The van der Waals surface area contributed by atoms with Gasteiger partial charge >= 0.3 is 0 Å². The molecule has 1 aromatic heterocycles. The Morgan fingerprint density at radius 1 is 1.33 bits per heavy atom. The lowest BCUT2D eigenvalue weighted by Gasteiger charge is -2.12. The summed E-state index contributed by atoms with van der Waals surface area (Å²) in [5.41, 5.74) is 3.56.